The van der Waals surface area contributed by atoms with E-state index in [2.05, 4.69) is 15.8 Å². The third kappa shape index (κ3) is 6.14. The Hall–Kier alpha value is -4.20. The summed E-state index contributed by atoms with van der Waals surface area (Å²) in [4.78, 5) is 24.1. The molecule has 0 fully saturated rings. The zero-order valence-electron chi connectivity index (χ0n) is 16.7. The molecule has 0 aliphatic heterocycles. The minimum Gasteiger partial charge on any atom is -0.493 e. The van der Waals surface area contributed by atoms with Crippen LogP contribution in [0, 0.1) is 5.82 Å². The molecule has 3 rings (SSSR count). The zero-order valence-corrected chi connectivity index (χ0v) is 16.7. The number of hydrazone groups is 1. The maximum absolute atomic E-state index is 13.8. The number of hydrogen-bond donors (Lipinski definition) is 2. The summed E-state index contributed by atoms with van der Waals surface area (Å²) in [6.07, 6.45) is 1.42. The number of para-hydroxylation sites is 1. The van der Waals surface area contributed by atoms with E-state index in [0.717, 1.165) is 5.69 Å². The van der Waals surface area contributed by atoms with Crippen LogP contribution in [0.2, 0.25) is 0 Å². The normalized spacial score (nSPS) is 10.5. The van der Waals surface area contributed by atoms with E-state index in [0.29, 0.717) is 5.56 Å². The van der Waals surface area contributed by atoms with Gasteiger partial charge in [-0.15, -0.1) is 0 Å². The Morgan fingerprint density at radius 2 is 1.74 bits per heavy atom. The summed E-state index contributed by atoms with van der Waals surface area (Å²) in [6.45, 7) is 0.0651. The van der Waals surface area contributed by atoms with Gasteiger partial charge >= 0.3 is 5.97 Å². The monoisotopic (exact) mass is 421 g/mol. The molecule has 3 aromatic carbocycles. The number of nitrogens with zero attached hydrogens (tertiary/aromatic N) is 1. The number of hydrogen-bond acceptors (Lipinski definition) is 6. The second-order valence-corrected chi connectivity index (χ2v) is 6.29. The van der Waals surface area contributed by atoms with Crippen LogP contribution in [0.4, 0.5) is 10.1 Å². The van der Waals surface area contributed by atoms with E-state index in [9.17, 15) is 14.0 Å². The summed E-state index contributed by atoms with van der Waals surface area (Å²) < 4.78 is 24.2. The second-order valence-electron chi connectivity index (χ2n) is 6.29. The zero-order chi connectivity index (χ0) is 22.1. The van der Waals surface area contributed by atoms with Gasteiger partial charge < -0.3 is 14.8 Å². The van der Waals surface area contributed by atoms with E-state index in [1.54, 1.807) is 18.2 Å². The van der Waals surface area contributed by atoms with Crippen LogP contribution in [0.1, 0.15) is 15.9 Å². The molecule has 1 amide bonds. The van der Waals surface area contributed by atoms with Crippen LogP contribution in [0.3, 0.4) is 0 Å². The third-order valence-electron chi connectivity index (χ3n) is 4.11. The first-order valence-electron chi connectivity index (χ1n) is 9.32. The Bertz CT molecular complexity index is 1090. The number of carbonyl (C=O) groups excluding carboxylic acids is 2. The van der Waals surface area contributed by atoms with E-state index in [4.69, 9.17) is 9.47 Å². The summed E-state index contributed by atoms with van der Waals surface area (Å²) in [7, 11) is 1.41. The van der Waals surface area contributed by atoms with Crippen molar-refractivity contribution in [2.45, 2.75) is 0 Å². The van der Waals surface area contributed by atoms with Crippen molar-refractivity contribution in [3.63, 3.8) is 0 Å². The lowest BCUT2D eigenvalue weighted by Crippen LogP contribution is -2.25. The van der Waals surface area contributed by atoms with E-state index in [1.807, 2.05) is 30.3 Å². The van der Waals surface area contributed by atoms with Gasteiger partial charge in [-0.1, -0.05) is 30.3 Å². The molecule has 0 aliphatic rings. The van der Waals surface area contributed by atoms with Crippen molar-refractivity contribution in [2.24, 2.45) is 5.10 Å². The predicted octanol–water partition coefficient (Wildman–Crippen LogP) is 3.62. The number of nitrogens with one attached hydrogen (secondary N) is 2. The van der Waals surface area contributed by atoms with Gasteiger partial charge in [0.25, 0.3) is 5.91 Å². The smallest absolute Gasteiger partial charge is 0.346 e. The molecule has 0 spiro atoms. The number of benzene rings is 3. The number of rotatable bonds is 8. The Morgan fingerprint density at radius 1 is 1.00 bits per heavy atom. The summed E-state index contributed by atoms with van der Waals surface area (Å²) in [6, 6.07) is 19.5. The number of anilines is 1. The number of methoxy groups -OCH3 is 1. The molecular formula is C23H20FN3O4. The van der Waals surface area contributed by atoms with Crippen LogP contribution in [-0.4, -0.2) is 31.7 Å². The third-order valence-corrected chi connectivity index (χ3v) is 4.11. The van der Waals surface area contributed by atoms with Crippen LogP contribution >= 0.6 is 0 Å². The maximum atomic E-state index is 13.8. The highest BCUT2D eigenvalue weighted by atomic mass is 19.1. The molecule has 0 heterocycles. The predicted molar refractivity (Wildman–Crippen MR) is 115 cm³/mol. The average Bonchev–Trinajstić information content (AvgIpc) is 2.79. The summed E-state index contributed by atoms with van der Waals surface area (Å²) >= 11 is 0. The van der Waals surface area contributed by atoms with Gasteiger partial charge in [0, 0.05) is 5.69 Å². The van der Waals surface area contributed by atoms with Crippen molar-refractivity contribution in [1.82, 2.24) is 5.43 Å². The van der Waals surface area contributed by atoms with E-state index in [1.165, 1.54) is 37.6 Å². The quantitative estimate of drug-likeness (QED) is 0.251. The molecule has 8 heteroatoms. The van der Waals surface area contributed by atoms with Gasteiger partial charge in [-0.2, -0.15) is 5.10 Å². The van der Waals surface area contributed by atoms with Gasteiger partial charge in [-0.25, -0.2) is 14.6 Å². The highest BCUT2D eigenvalue weighted by Gasteiger charge is 2.16. The molecule has 0 saturated carbocycles. The lowest BCUT2D eigenvalue weighted by Gasteiger charge is -2.10. The number of esters is 1. The van der Waals surface area contributed by atoms with Crippen LogP contribution in [0.5, 0.6) is 11.5 Å². The van der Waals surface area contributed by atoms with Crippen LogP contribution in [0.25, 0.3) is 0 Å². The SMILES string of the molecule is COc1cc(C=NNC(=O)CNc2ccccc2)ccc1OC(=O)c1ccccc1F. The van der Waals surface area contributed by atoms with Crippen LogP contribution < -0.4 is 20.2 Å². The van der Waals surface area contributed by atoms with Crippen molar-refractivity contribution in [1.29, 1.82) is 0 Å². The molecule has 2 N–H and O–H groups in total. The second kappa shape index (κ2) is 10.5. The molecule has 0 aromatic heterocycles. The molecule has 0 atom stereocenters. The molecule has 0 aliphatic carbocycles. The molecule has 31 heavy (non-hydrogen) atoms. The van der Waals surface area contributed by atoms with Crippen LogP contribution in [-0.2, 0) is 4.79 Å². The Balaban J connectivity index is 1.58. The van der Waals surface area contributed by atoms with Crippen LogP contribution in [0.15, 0.2) is 77.9 Å². The minimum absolute atomic E-state index is 0.0651. The lowest BCUT2D eigenvalue weighted by molar-refractivity contribution is -0.119. The Morgan fingerprint density at radius 3 is 2.48 bits per heavy atom. The Kier molecular flexibility index (Phi) is 7.31. The van der Waals surface area contributed by atoms with E-state index in [-0.39, 0.29) is 29.5 Å². The maximum Gasteiger partial charge on any atom is 0.346 e. The van der Waals surface area contributed by atoms with Gasteiger partial charge in [0.2, 0.25) is 0 Å². The van der Waals surface area contributed by atoms with Crippen molar-refractivity contribution < 1.29 is 23.5 Å². The highest BCUT2D eigenvalue weighted by Crippen LogP contribution is 2.28. The summed E-state index contributed by atoms with van der Waals surface area (Å²) in [5.41, 5.74) is 3.66. The number of halogens is 1. The van der Waals surface area contributed by atoms with Crippen molar-refractivity contribution in [3.05, 3.63) is 89.7 Å². The first kappa shape index (κ1) is 21.5. The molecule has 0 bridgehead atoms. The van der Waals surface area contributed by atoms with Gasteiger partial charge in [0.1, 0.15) is 5.82 Å². The standard InChI is InChI=1S/C23H20FN3O4/c1-30-21-13-16(14-26-27-22(28)15-25-17-7-3-2-4-8-17)11-12-20(21)31-23(29)18-9-5-6-10-19(18)24/h2-14,25H,15H2,1H3,(H,27,28). The molecule has 7 nitrogen and oxygen atoms in total. The first-order valence-corrected chi connectivity index (χ1v) is 9.32. The molecular weight excluding hydrogens is 401 g/mol. The molecule has 158 valence electrons. The summed E-state index contributed by atoms with van der Waals surface area (Å²) in [5, 5.41) is 6.87. The van der Waals surface area contributed by atoms with Gasteiger partial charge in [-0.05, 0) is 48.0 Å². The average molecular weight is 421 g/mol. The minimum atomic E-state index is -0.837. The Labute approximate surface area is 178 Å². The van der Waals surface area contributed by atoms with Crippen molar-refractivity contribution in [3.8, 4) is 11.5 Å². The molecule has 3 aromatic rings. The summed E-state index contributed by atoms with van der Waals surface area (Å²) in [5.74, 6) is -1.44. The largest absolute Gasteiger partial charge is 0.493 e. The number of amides is 1. The van der Waals surface area contributed by atoms with E-state index >= 15 is 0 Å². The lowest BCUT2D eigenvalue weighted by atomic mass is 10.2. The topological polar surface area (TPSA) is 89.0 Å². The van der Waals surface area contributed by atoms with Gasteiger partial charge in [0.05, 0.1) is 25.4 Å². The molecule has 0 radical (unpaired) electrons. The fourth-order valence-corrected chi connectivity index (χ4v) is 2.59. The fraction of sp³-hybridized carbons (Fsp3) is 0.0870. The molecule has 0 unspecified atom stereocenters. The van der Waals surface area contributed by atoms with Gasteiger partial charge in [-0.3, -0.25) is 4.79 Å². The number of carbonyl (C=O) groups is 2. The first-order chi connectivity index (χ1) is 15.1. The molecule has 0 saturated heterocycles. The highest BCUT2D eigenvalue weighted by molar-refractivity contribution is 5.92. The van der Waals surface area contributed by atoms with E-state index < -0.39 is 11.8 Å². The fourth-order valence-electron chi connectivity index (χ4n) is 2.59. The number of ether oxygens (including phenoxy) is 2. The van der Waals surface area contributed by atoms with Crippen molar-refractivity contribution in [2.75, 3.05) is 19.0 Å². The van der Waals surface area contributed by atoms with Crippen molar-refractivity contribution >= 4 is 23.8 Å². The van der Waals surface area contributed by atoms with Gasteiger partial charge in [0.15, 0.2) is 11.5 Å².